The molecule has 54 heavy (non-hydrogen) atoms. The van der Waals surface area contributed by atoms with Crippen molar-refractivity contribution in [2.45, 2.75) is 0 Å². The minimum absolute atomic E-state index is 0.190. The molecule has 7 rings (SSSR count). The Bertz CT molecular complexity index is 2280. The molecule has 1 aliphatic rings. The van der Waals surface area contributed by atoms with Gasteiger partial charge in [-0.3, -0.25) is 0 Å². The van der Waals surface area contributed by atoms with Crippen LogP contribution in [0, 0.1) is 0 Å². The minimum Gasteiger partial charge on any atom is -0.439 e. The van der Waals surface area contributed by atoms with Crippen molar-refractivity contribution in [1.29, 1.82) is 0 Å². The van der Waals surface area contributed by atoms with Crippen molar-refractivity contribution in [2.24, 2.45) is 4.52 Å². The minimum atomic E-state index is -4.18. The second-order valence-corrected chi connectivity index (χ2v) is 18.7. The fourth-order valence-electron chi connectivity index (χ4n) is 4.52. The third kappa shape index (κ3) is 8.95. The first-order valence-electron chi connectivity index (χ1n) is 15.6. The van der Waals surface area contributed by atoms with Crippen LogP contribution in [0.2, 0.25) is 30.1 Å². The van der Waals surface area contributed by atoms with Gasteiger partial charge in [0.25, 0.3) is 0 Å². The van der Waals surface area contributed by atoms with Crippen LogP contribution in [0.4, 0.5) is 0 Å². The normalized spacial score (nSPS) is 16.9. The molecule has 6 aromatic rings. The summed E-state index contributed by atoms with van der Waals surface area (Å²) >= 11 is 40.3. The molecular weight excluding hydrogens is 876 g/mol. The van der Waals surface area contributed by atoms with E-state index in [9.17, 15) is 0 Å². The largest absolute Gasteiger partial charge is 0.447 e. The van der Waals surface area contributed by atoms with Gasteiger partial charge in [0.05, 0.1) is 30.1 Å². The second-order valence-electron chi connectivity index (χ2n) is 10.7. The van der Waals surface area contributed by atoms with E-state index in [1.54, 1.807) is 146 Å². The number of halogens is 6. The van der Waals surface area contributed by atoms with Crippen LogP contribution < -0.4 is 27.8 Å². The van der Waals surface area contributed by atoms with E-state index in [1.165, 1.54) is 9.21 Å². The SMILES string of the molecule is Clc1ccccc1ON1P(Oc2ccccc2Cl)N=P(Oc2ccccc2Cl)(Oc2ccccc2Cl)N(Oc2ccccc2Cl)P1Oc1ccccc1Cl. The Labute approximate surface area is 343 Å². The summed E-state index contributed by atoms with van der Waals surface area (Å²) in [7, 11) is -9.09. The van der Waals surface area contributed by atoms with Gasteiger partial charge in [0.1, 0.15) is 23.0 Å². The first-order valence-corrected chi connectivity index (χ1v) is 21.7. The van der Waals surface area contributed by atoms with Crippen molar-refractivity contribution < 1.29 is 27.8 Å². The summed E-state index contributed by atoms with van der Waals surface area (Å²) in [6.07, 6.45) is 0. The molecule has 0 aliphatic carbocycles. The van der Waals surface area contributed by atoms with E-state index in [-0.39, 0.29) is 59.6 Å². The average molecular weight is 900 g/mol. The van der Waals surface area contributed by atoms with Crippen LogP contribution in [0.15, 0.2) is 150 Å². The molecular formula is C36H24Cl6N3O6P3. The maximum atomic E-state index is 6.86. The highest BCUT2D eigenvalue weighted by Crippen LogP contribution is 2.78. The summed E-state index contributed by atoms with van der Waals surface area (Å²) < 4.78 is 35.1. The van der Waals surface area contributed by atoms with Gasteiger partial charge in [-0.15, -0.1) is 4.52 Å². The van der Waals surface area contributed by atoms with Crippen molar-refractivity contribution in [1.82, 2.24) is 9.21 Å². The van der Waals surface area contributed by atoms with Gasteiger partial charge in [-0.25, -0.2) is 0 Å². The lowest BCUT2D eigenvalue weighted by atomic mass is 10.3. The molecule has 0 N–H and O–H groups in total. The summed E-state index contributed by atoms with van der Waals surface area (Å²) in [5.74, 6) is 1.32. The van der Waals surface area contributed by atoms with Gasteiger partial charge in [-0.2, -0.15) is 0 Å². The lowest BCUT2D eigenvalue weighted by Gasteiger charge is -2.44. The Morgan fingerprint density at radius 3 is 1.15 bits per heavy atom. The maximum absolute atomic E-state index is 6.86. The van der Waals surface area contributed by atoms with Crippen molar-refractivity contribution in [3.8, 4) is 34.5 Å². The Balaban J connectivity index is 1.54. The molecule has 9 nitrogen and oxygen atoms in total. The maximum Gasteiger partial charge on any atom is 0.447 e. The monoisotopic (exact) mass is 897 g/mol. The van der Waals surface area contributed by atoms with E-state index < -0.39 is 24.6 Å². The molecule has 0 saturated heterocycles. The van der Waals surface area contributed by atoms with Crippen LogP contribution in [0.1, 0.15) is 0 Å². The third-order valence-corrected chi connectivity index (χ3v) is 15.7. The Hall–Kier alpha value is -3.13. The molecule has 2 unspecified atom stereocenters. The third-order valence-electron chi connectivity index (χ3n) is 7.02. The van der Waals surface area contributed by atoms with E-state index >= 15 is 0 Å². The number of benzene rings is 6. The highest BCUT2D eigenvalue weighted by molar-refractivity contribution is 7.78. The molecule has 0 saturated carbocycles. The van der Waals surface area contributed by atoms with Gasteiger partial charge in [0.15, 0.2) is 11.5 Å². The first-order chi connectivity index (χ1) is 26.2. The van der Waals surface area contributed by atoms with Crippen molar-refractivity contribution >= 4 is 94.2 Å². The lowest BCUT2D eigenvalue weighted by molar-refractivity contribution is 0.0547. The summed E-state index contributed by atoms with van der Waals surface area (Å²) in [6, 6.07) is 41.1. The zero-order valence-electron chi connectivity index (χ0n) is 27.3. The van der Waals surface area contributed by atoms with Crippen LogP contribution >= 0.6 is 94.2 Å². The number of rotatable bonds is 12. The summed E-state index contributed by atoms with van der Waals surface area (Å²) in [6.45, 7) is 0. The fraction of sp³-hybridized carbons (Fsp3) is 0. The first kappa shape index (κ1) is 39.1. The zero-order valence-corrected chi connectivity index (χ0v) is 34.5. The number of hydrogen-bond acceptors (Lipinski definition) is 9. The van der Waals surface area contributed by atoms with Crippen LogP contribution in [-0.2, 0) is 0 Å². The summed E-state index contributed by atoms with van der Waals surface area (Å²) in [4.78, 5) is 13.3. The molecule has 0 aromatic heterocycles. The van der Waals surface area contributed by atoms with Gasteiger partial charge < -0.3 is 27.8 Å². The second kappa shape index (κ2) is 17.8. The fourth-order valence-corrected chi connectivity index (χ4v) is 13.3. The predicted octanol–water partition coefficient (Wildman–Crippen LogP) is 15.2. The zero-order chi connectivity index (χ0) is 37.7. The van der Waals surface area contributed by atoms with E-state index in [0.717, 1.165) is 0 Å². The van der Waals surface area contributed by atoms with E-state index in [0.29, 0.717) is 5.02 Å². The molecule has 2 atom stereocenters. The highest BCUT2D eigenvalue weighted by Gasteiger charge is 2.58. The molecule has 0 fully saturated rings. The van der Waals surface area contributed by atoms with Gasteiger partial charge in [0, 0.05) is 9.21 Å². The molecule has 0 radical (unpaired) electrons. The lowest BCUT2D eigenvalue weighted by Crippen LogP contribution is -2.37. The Morgan fingerprint density at radius 1 is 0.407 bits per heavy atom. The Kier molecular flexibility index (Phi) is 12.9. The van der Waals surface area contributed by atoms with Crippen LogP contribution in [0.5, 0.6) is 34.5 Å². The predicted molar refractivity (Wildman–Crippen MR) is 219 cm³/mol. The molecule has 0 amide bonds. The van der Waals surface area contributed by atoms with Crippen molar-refractivity contribution in [2.75, 3.05) is 0 Å². The molecule has 6 aromatic carbocycles. The molecule has 1 aliphatic heterocycles. The van der Waals surface area contributed by atoms with E-state index in [4.69, 9.17) is 102 Å². The Morgan fingerprint density at radius 2 is 0.741 bits per heavy atom. The summed E-state index contributed by atoms with van der Waals surface area (Å²) in [5.41, 5.74) is 0. The highest BCUT2D eigenvalue weighted by atomic mass is 35.5. The topological polar surface area (TPSA) is 74.2 Å². The van der Waals surface area contributed by atoms with Crippen molar-refractivity contribution in [3.05, 3.63) is 176 Å². The average Bonchev–Trinajstić information content (AvgIpc) is 3.16. The number of hydrogen-bond donors (Lipinski definition) is 0. The van der Waals surface area contributed by atoms with Crippen LogP contribution in [0.25, 0.3) is 0 Å². The van der Waals surface area contributed by atoms with Gasteiger partial charge in [-0.1, -0.05) is 142 Å². The van der Waals surface area contributed by atoms with Gasteiger partial charge in [-0.05, 0) is 72.8 Å². The molecule has 0 spiro atoms. The summed E-state index contributed by atoms with van der Waals surface area (Å²) in [5, 5.41) is 1.59. The van der Waals surface area contributed by atoms with E-state index in [2.05, 4.69) is 0 Å². The molecule has 276 valence electrons. The van der Waals surface area contributed by atoms with Gasteiger partial charge >= 0.3 is 24.6 Å². The molecule has 0 bridgehead atoms. The van der Waals surface area contributed by atoms with E-state index in [1.807, 2.05) is 0 Å². The number of nitrogens with zero attached hydrogens (tertiary/aromatic N) is 3. The number of para-hydroxylation sites is 6. The van der Waals surface area contributed by atoms with Crippen LogP contribution in [0.3, 0.4) is 0 Å². The van der Waals surface area contributed by atoms with Gasteiger partial charge in [0.2, 0.25) is 0 Å². The van der Waals surface area contributed by atoms with Crippen molar-refractivity contribution in [3.63, 3.8) is 0 Å². The quantitative estimate of drug-likeness (QED) is 0.112. The van der Waals surface area contributed by atoms with Crippen LogP contribution in [-0.4, -0.2) is 9.21 Å². The molecule has 1 heterocycles. The molecule has 18 heteroatoms. The standard InChI is InChI=1S/C36H24Cl6N3O6P3/c37-25-13-1-7-19-31(25)46-44-52(48-33-21-9-3-15-27(33)39)43-54(50-35-23-11-5-17-29(35)41,51-36-24-12-6-18-30(36)42)45(47-32-20-8-2-14-26(32)38)53(44)49-34-22-10-4-16-28(34)40/h1-24H. The smallest absolute Gasteiger partial charge is 0.439 e.